The van der Waals surface area contributed by atoms with Crippen molar-refractivity contribution < 1.29 is 267 Å². The zero-order valence-electron chi connectivity index (χ0n) is 10.4. The summed E-state index contributed by atoms with van der Waals surface area (Å²) in [6, 6.07) is 5.78. The van der Waals surface area contributed by atoms with Gasteiger partial charge in [-0.3, -0.25) is 0 Å². The summed E-state index contributed by atoms with van der Waals surface area (Å²) in [7, 11) is 0. The van der Waals surface area contributed by atoms with Gasteiger partial charge < -0.3 is 17.2 Å². The van der Waals surface area contributed by atoms with Gasteiger partial charge >= 0.3 is 0 Å². The van der Waals surface area contributed by atoms with E-state index in [-0.39, 0.29) is 267 Å². The number of halogens is 1. The molecule has 0 saturated carbocycles. The first-order valence-electron chi connectivity index (χ1n) is 2.91. The number of hydrogen-bond acceptors (Lipinski definition) is 1. The molecule has 0 atom stereocenters. The van der Waals surface area contributed by atoms with Crippen LogP contribution in [0.15, 0.2) is 4.47 Å². The Bertz CT molecular complexity index is 250. The van der Waals surface area contributed by atoms with E-state index in [1.54, 1.807) is 13.8 Å². The molecule has 0 aliphatic rings. The van der Waals surface area contributed by atoms with Crippen LogP contribution in [0.1, 0.15) is 11.1 Å². The van der Waals surface area contributed by atoms with Crippen molar-refractivity contribution in [3.05, 3.63) is 27.7 Å². The summed E-state index contributed by atoms with van der Waals surface area (Å²) < 4.78 is 0.764. The first-order chi connectivity index (χ1) is 4.61. The summed E-state index contributed by atoms with van der Waals surface area (Å²) in [5.74, 6) is 0.281. The van der Waals surface area contributed by atoms with E-state index in [0.717, 1.165) is 15.6 Å². The zero-order chi connectivity index (χ0) is 7.72. The van der Waals surface area contributed by atoms with Crippen molar-refractivity contribution >= 4 is 15.9 Å². The van der Waals surface area contributed by atoms with E-state index in [1.165, 1.54) is 0 Å². The van der Waals surface area contributed by atoms with E-state index < -0.39 is 0 Å². The molecule has 0 unspecified atom stereocenters. The third kappa shape index (κ3) is 22.4. The van der Waals surface area contributed by atoms with Crippen molar-refractivity contribution in [1.29, 1.82) is 0 Å². The van der Waals surface area contributed by atoms with Gasteiger partial charge in [0, 0.05) is 262 Å². The first kappa shape index (κ1) is 50.3. The van der Waals surface area contributed by atoms with Gasteiger partial charge in [-0.25, -0.2) is 15.6 Å². The normalized spacial score (nSPS) is 5.50. The van der Waals surface area contributed by atoms with Crippen molar-refractivity contribution in [2.45, 2.75) is 13.8 Å². The SMILES string of the molecule is Cc1[c-]c(Br)[c-]c(C)c1O.[Y].[Y].[Y].[Y].[Y].[Y].[Y].[Y]. The molecule has 1 rings (SSSR count). The standard InChI is InChI=1S/C8H7BrO.8Y/c1-5-3-7(9)4-6(2)8(5)10;;;;;;;;/h10H,1-2H3;;;;;;;;/q-2;;;;;;;;. The van der Waals surface area contributed by atoms with Gasteiger partial charge in [0.1, 0.15) is 0 Å². The topological polar surface area (TPSA) is 20.2 Å². The molecule has 78 valence electrons. The average molecular weight is 910 g/mol. The molecule has 18 heavy (non-hydrogen) atoms. The van der Waals surface area contributed by atoms with Crippen LogP contribution in [-0.2, 0) is 262 Å². The van der Waals surface area contributed by atoms with Gasteiger partial charge in [-0.15, -0.1) is 21.7 Å². The molecule has 0 aromatic heterocycles. The fourth-order valence-corrected chi connectivity index (χ4v) is 1.35. The predicted molar refractivity (Wildman–Crippen MR) is 43.0 cm³/mol. The van der Waals surface area contributed by atoms with Crippen LogP contribution in [-0.4, -0.2) is 5.11 Å². The van der Waals surface area contributed by atoms with Gasteiger partial charge in [-0.1, -0.05) is 13.8 Å². The molecule has 0 heterocycles. The van der Waals surface area contributed by atoms with Crippen LogP contribution in [0.2, 0.25) is 0 Å². The monoisotopic (exact) mass is 909 g/mol. The van der Waals surface area contributed by atoms with Gasteiger partial charge in [0.25, 0.3) is 0 Å². The second-order valence-corrected chi connectivity index (χ2v) is 2.96. The van der Waals surface area contributed by atoms with Gasteiger partial charge in [0.15, 0.2) is 0 Å². The van der Waals surface area contributed by atoms with Crippen molar-refractivity contribution in [2.75, 3.05) is 0 Å². The molecule has 0 bridgehead atoms. The molecule has 0 aliphatic carbocycles. The number of phenols is 1. The van der Waals surface area contributed by atoms with E-state index in [1.807, 2.05) is 0 Å². The molecular formula is C8H7BrOY8-2. The molecule has 0 saturated heterocycles. The van der Waals surface area contributed by atoms with E-state index >= 15 is 0 Å². The van der Waals surface area contributed by atoms with Gasteiger partial charge in [0.05, 0.1) is 0 Å². The molecule has 1 aromatic rings. The summed E-state index contributed by atoms with van der Waals surface area (Å²) in [6.45, 7) is 3.61. The maximum absolute atomic E-state index is 9.25. The average Bonchev–Trinajstić information content (AvgIpc) is 1.82. The fraction of sp³-hybridized carbons (Fsp3) is 0.250. The maximum Gasteiger partial charge on any atom is 0 e. The Morgan fingerprint density at radius 1 is 0.722 bits per heavy atom. The van der Waals surface area contributed by atoms with Crippen LogP contribution in [0.3, 0.4) is 0 Å². The second-order valence-electron chi connectivity index (χ2n) is 2.16. The number of rotatable bonds is 0. The Labute approximate surface area is 320 Å². The fourth-order valence-electron chi connectivity index (χ4n) is 0.760. The number of benzene rings is 1. The Morgan fingerprint density at radius 2 is 0.944 bits per heavy atom. The van der Waals surface area contributed by atoms with Crippen LogP contribution in [0.25, 0.3) is 0 Å². The largest absolute Gasteiger partial charge is 0.621 e. The van der Waals surface area contributed by atoms with Crippen molar-refractivity contribution in [3.8, 4) is 5.75 Å². The number of aromatic hydroxyl groups is 1. The second kappa shape index (κ2) is 30.1. The van der Waals surface area contributed by atoms with Crippen LogP contribution in [0, 0.1) is 26.0 Å². The van der Waals surface area contributed by atoms with Crippen LogP contribution < -0.4 is 0 Å². The molecule has 10 heteroatoms. The summed E-state index contributed by atoms with van der Waals surface area (Å²) in [5, 5.41) is 9.25. The van der Waals surface area contributed by atoms with E-state index in [0.29, 0.717) is 0 Å². The molecule has 1 aromatic carbocycles. The summed E-state index contributed by atoms with van der Waals surface area (Å²) in [4.78, 5) is 0. The zero-order valence-corrected chi connectivity index (χ0v) is 34.7. The molecule has 0 fully saturated rings. The molecule has 0 aliphatic heterocycles. The molecule has 1 nitrogen and oxygen atoms in total. The molecule has 0 amide bonds. The van der Waals surface area contributed by atoms with Crippen molar-refractivity contribution in [2.24, 2.45) is 0 Å². The molecular weight excluding hydrogens is 903 g/mol. The van der Waals surface area contributed by atoms with Crippen LogP contribution in [0.5, 0.6) is 5.75 Å². The third-order valence-electron chi connectivity index (χ3n) is 1.30. The summed E-state index contributed by atoms with van der Waals surface area (Å²) >= 11 is 3.22. The van der Waals surface area contributed by atoms with Gasteiger partial charge in [-0.2, -0.15) is 0 Å². The Balaban J connectivity index is -0.0000000208. The third-order valence-corrected chi connectivity index (χ3v) is 1.70. The Hall–Kier alpha value is 8.33. The van der Waals surface area contributed by atoms with E-state index in [4.69, 9.17) is 0 Å². The predicted octanol–water partition coefficient (Wildman–Crippen LogP) is 2.35. The molecule has 1 N–H and O–H groups in total. The Kier molecular flexibility index (Phi) is 84.0. The van der Waals surface area contributed by atoms with E-state index in [2.05, 4.69) is 28.1 Å². The van der Waals surface area contributed by atoms with Gasteiger partial charge in [-0.05, 0) is 0 Å². The maximum atomic E-state index is 9.25. The van der Waals surface area contributed by atoms with Crippen LogP contribution >= 0.6 is 15.9 Å². The van der Waals surface area contributed by atoms with E-state index in [9.17, 15) is 5.11 Å². The van der Waals surface area contributed by atoms with Crippen LogP contribution in [0.4, 0.5) is 0 Å². The first-order valence-corrected chi connectivity index (χ1v) is 3.71. The molecule has 0 spiro atoms. The number of hydrogen-bond donors (Lipinski definition) is 1. The quantitative estimate of drug-likeness (QED) is 0.398. The summed E-state index contributed by atoms with van der Waals surface area (Å²) in [6.07, 6.45) is 0. The van der Waals surface area contributed by atoms with Crippen molar-refractivity contribution in [1.82, 2.24) is 0 Å². The summed E-state index contributed by atoms with van der Waals surface area (Å²) in [5.41, 5.74) is 1.51. The number of aryl methyl sites for hydroxylation is 2. The number of phenolic OH excluding ortho intramolecular Hbond substituents is 1. The minimum absolute atomic E-state index is 0. The molecule has 8 radical (unpaired) electrons. The smallest absolute Gasteiger partial charge is 0 e. The minimum Gasteiger partial charge on any atom is -0.621 e. The minimum atomic E-state index is 0. The Morgan fingerprint density at radius 3 is 1.17 bits per heavy atom. The van der Waals surface area contributed by atoms with Crippen molar-refractivity contribution in [3.63, 3.8) is 0 Å². The van der Waals surface area contributed by atoms with Gasteiger partial charge in [0.2, 0.25) is 0 Å².